The molecule has 1 atom stereocenters. The van der Waals surface area contributed by atoms with Gasteiger partial charge in [-0.1, -0.05) is 42.5 Å². The number of hydrogen-bond donors (Lipinski definition) is 4. The molecule has 0 spiro atoms. The number of carbonyl (C=O) groups excluding carboxylic acids is 3. The van der Waals surface area contributed by atoms with Crippen LogP contribution < -0.4 is 10.6 Å². The van der Waals surface area contributed by atoms with Crippen LogP contribution >= 0.6 is 0 Å². The molecule has 0 aliphatic carbocycles. The van der Waals surface area contributed by atoms with Crippen molar-refractivity contribution in [3.63, 3.8) is 0 Å². The molecule has 4 N–H and O–H groups in total. The summed E-state index contributed by atoms with van der Waals surface area (Å²) < 4.78 is 0. The van der Waals surface area contributed by atoms with Gasteiger partial charge in [0.25, 0.3) is 5.91 Å². The summed E-state index contributed by atoms with van der Waals surface area (Å²) in [6.07, 6.45) is 1.23. The van der Waals surface area contributed by atoms with Crippen LogP contribution in [0.2, 0.25) is 0 Å². The first kappa shape index (κ1) is 22.0. The van der Waals surface area contributed by atoms with Gasteiger partial charge >= 0.3 is 11.9 Å². The van der Waals surface area contributed by atoms with Crippen molar-refractivity contribution in [2.24, 2.45) is 0 Å². The number of carbonyl (C=O) groups is 5. The van der Waals surface area contributed by atoms with Crippen molar-refractivity contribution in [3.05, 3.63) is 83.4 Å². The number of rotatable bonds is 9. The van der Waals surface area contributed by atoms with Crippen LogP contribution in [0.4, 0.5) is 0 Å². The predicted octanol–water partition coefficient (Wildman–Crippen LogP) is 0.858. The highest BCUT2D eigenvalue weighted by molar-refractivity contribution is 6.09. The summed E-state index contributed by atoms with van der Waals surface area (Å²) in [7, 11) is 0. The van der Waals surface area contributed by atoms with Gasteiger partial charge < -0.3 is 20.8 Å². The Labute approximate surface area is 171 Å². The quantitative estimate of drug-likeness (QED) is 0.354. The molecule has 9 nitrogen and oxygen atoms in total. The molecule has 0 aliphatic rings. The molecule has 0 radical (unpaired) electrons. The lowest BCUT2D eigenvalue weighted by Gasteiger charge is -2.14. The number of ketones is 1. The maximum atomic E-state index is 12.4. The first-order valence-electron chi connectivity index (χ1n) is 8.70. The Balaban J connectivity index is 1.97. The van der Waals surface area contributed by atoms with Gasteiger partial charge in [0, 0.05) is 35.4 Å². The topological polar surface area (TPSA) is 150 Å². The van der Waals surface area contributed by atoms with Gasteiger partial charge in [-0.2, -0.15) is 0 Å². The molecule has 0 aliphatic heterocycles. The maximum Gasteiger partial charge on any atom is 0.328 e. The average Bonchev–Trinajstić information content (AvgIpc) is 2.75. The first-order valence-corrected chi connectivity index (χ1v) is 8.70. The molecule has 30 heavy (non-hydrogen) atoms. The molecule has 2 amide bonds. The zero-order chi connectivity index (χ0) is 22.1. The third-order valence-corrected chi connectivity index (χ3v) is 3.90. The normalized spacial score (nSPS) is 11.5. The van der Waals surface area contributed by atoms with Crippen molar-refractivity contribution in [2.75, 3.05) is 6.54 Å². The molecule has 0 aromatic heterocycles. The van der Waals surface area contributed by atoms with Gasteiger partial charge in [-0.25, -0.2) is 9.59 Å². The molecule has 9 heteroatoms. The first-order chi connectivity index (χ1) is 14.3. The molecule has 0 bridgehead atoms. The third-order valence-electron chi connectivity index (χ3n) is 3.90. The molecular formula is C21H18N2O7. The zero-order valence-electron chi connectivity index (χ0n) is 15.6. The second-order valence-corrected chi connectivity index (χ2v) is 6.05. The second kappa shape index (κ2) is 10.3. The highest BCUT2D eigenvalue weighted by atomic mass is 16.4. The van der Waals surface area contributed by atoms with Crippen LogP contribution in [0.3, 0.4) is 0 Å². The van der Waals surface area contributed by atoms with Gasteiger partial charge in [0.05, 0.1) is 0 Å². The van der Waals surface area contributed by atoms with Gasteiger partial charge in [0.2, 0.25) is 5.91 Å². The predicted molar refractivity (Wildman–Crippen MR) is 105 cm³/mol. The summed E-state index contributed by atoms with van der Waals surface area (Å²) in [5, 5.41) is 22.1. The standard InChI is InChI=1S/C21H18N2O7/c24-17(10-11-18(25)26)23-16(21(29)30)12-22-20(28)15-8-6-14(7-9-15)19(27)13-4-2-1-3-5-13/h1-11,16H,12H2,(H,22,28)(H,23,24)(H,25,26)(H,29,30)/b11-10+. The molecule has 1 unspecified atom stereocenters. The summed E-state index contributed by atoms with van der Waals surface area (Å²) in [4.78, 5) is 57.7. The van der Waals surface area contributed by atoms with Crippen LogP contribution in [0.15, 0.2) is 66.7 Å². The SMILES string of the molecule is O=C(O)/C=C/C(=O)NC(CNC(=O)c1ccc(C(=O)c2ccccc2)cc1)C(=O)O. The van der Waals surface area contributed by atoms with E-state index < -0.39 is 36.3 Å². The molecule has 0 saturated carbocycles. The number of carboxylic acid groups (broad SMARTS) is 2. The van der Waals surface area contributed by atoms with E-state index in [0.717, 1.165) is 0 Å². The summed E-state index contributed by atoms with van der Waals surface area (Å²) in [5.74, 6) is -4.50. The van der Waals surface area contributed by atoms with E-state index in [1.165, 1.54) is 24.3 Å². The fourth-order valence-electron chi connectivity index (χ4n) is 2.39. The lowest BCUT2D eigenvalue weighted by molar-refractivity contribution is -0.141. The highest BCUT2D eigenvalue weighted by Crippen LogP contribution is 2.11. The summed E-state index contributed by atoms with van der Waals surface area (Å²) in [6.45, 7) is -0.425. The van der Waals surface area contributed by atoms with Gasteiger partial charge in [0.15, 0.2) is 5.78 Å². The van der Waals surface area contributed by atoms with E-state index in [4.69, 9.17) is 10.2 Å². The maximum absolute atomic E-state index is 12.4. The van der Waals surface area contributed by atoms with E-state index >= 15 is 0 Å². The average molecular weight is 410 g/mol. The number of amides is 2. The largest absolute Gasteiger partial charge is 0.480 e. The van der Waals surface area contributed by atoms with Gasteiger partial charge in [-0.15, -0.1) is 0 Å². The second-order valence-electron chi connectivity index (χ2n) is 6.05. The fraction of sp³-hybridized carbons (Fsp3) is 0.0952. The van der Waals surface area contributed by atoms with Crippen molar-refractivity contribution >= 4 is 29.5 Å². The van der Waals surface area contributed by atoms with E-state index in [2.05, 4.69) is 10.6 Å². The monoisotopic (exact) mass is 410 g/mol. The van der Waals surface area contributed by atoms with E-state index in [-0.39, 0.29) is 11.3 Å². The number of aliphatic carboxylic acids is 2. The Morgan fingerprint density at radius 1 is 0.800 bits per heavy atom. The van der Waals surface area contributed by atoms with Crippen LogP contribution in [-0.2, 0) is 14.4 Å². The Bertz CT molecular complexity index is 982. The van der Waals surface area contributed by atoms with E-state index in [9.17, 15) is 24.0 Å². The van der Waals surface area contributed by atoms with Crippen molar-refractivity contribution in [2.45, 2.75) is 6.04 Å². The Kier molecular flexibility index (Phi) is 7.58. The number of carboxylic acids is 2. The summed E-state index contributed by atoms with van der Waals surface area (Å²) >= 11 is 0. The van der Waals surface area contributed by atoms with Crippen molar-refractivity contribution in [1.29, 1.82) is 0 Å². The van der Waals surface area contributed by atoms with Gasteiger partial charge in [-0.05, 0) is 12.1 Å². The van der Waals surface area contributed by atoms with Crippen LogP contribution in [0.5, 0.6) is 0 Å². The minimum Gasteiger partial charge on any atom is -0.480 e. The number of nitrogens with one attached hydrogen (secondary N) is 2. The van der Waals surface area contributed by atoms with E-state index in [1.807, 2.05) is 0 Å². The molecule has 2 rings (SSSR count). The van der Waals surface area contributed by atoms with Crippen LogP contribution in [-0.4, -0.2) is 52.3 Å². The van der Waals surface area contributed by atoms with E-state index in [0.29, 0.717) is 23.3 Å². The Morgan fingerprint density at radius 3 is 1.93 bits per heavy atom. The molecule has 2 aromatic rings. The minimum absolute atomic E-state index is 0.195. The van der Waals surface area contributed by atoms with Crippen LogP contribution in [0, 0.1) is 0 Å². The number of benzene rings is 2. The molecule has 0 heterocycles. The molecule has 2 aromatic carbocycles. The fourth-order valence-corrected chi connectivity index (χ4v) is 2.39. The van der Waals surface area contributed by atoms with Crippen molar-refractivity contribution < 1.29 is 34.2 Å². The van der Waals surface area contributed by atoms with E-state index in [1.54, 1.807) is 30.3 Å². The third kappa shape index (κ3) is 6.41. The van der Waals surface area contributed by atoms with Gasteiger partial charge in [0.1, 0.15) is 6.04 Å². The Morgan fingerprint density at radius 2 is 1.37 bits per heavy atom. The van der Waals surface area contributed by atoms with Crippen LogP contribution in [0.25, 0.3) is 0 Å². The summed E-state index contributed by atoms with van der Waals surface area (Å²) in [6, 6.07) is 13.0. The van der Waals surface area contributed by atoms with Gasteiger partial charge in [-0.3, -0.25) is 14.4 Å². The molecule has 0 fully saturated rings. The number of hydrogen-bond acceptors (Lipinski definition) is 5. The van der Waals surface area contributed by atoms with Crippen molar-refractivity contribution in [1.82, 2.24) is 10.6 Å². The molecule has 0 saturated heterocycles. The smallest absolute Gasteiger partial charge is 0.328 e. The summed E-state index contributed by atoms with van der Waals surface area (Å²) in [5.41, 5.74) is 1.09. The van der Waals surface area contributed by atoms with Crippen molar-refractivity contribution in [3.8, 4) is 0 Å². The molecule has 154 valence electrons. The zero-order valence-corrected chi connectivity index (χ0v) is 15.6. The Hall–Kier alpha value is -4.27. The minimum atomic E-state index is -1.46. The highest BCUT2D eigenvalue weighted by Gasteiger charge is 2.20. The van der Waals surface area contributed by atoms with Crippen LogP contribution in [0.1, 0.15) is 26.3 Å². The molecular weight excluding hydrogens is 392 g/mol. The lowest BCUT2D eigenvalue weighted by Crippen LogP contribution is -2.48. The lowest BCUT2D eigenvalue weighted by atomic mass is 10.0.